The molecule has 0 aromatic heterocycles. The van der Waals surface area contributed by atoms with Crippen LogP contribution in [0.5, 0.6) is 5.75 Å². The minimum Gasteiger partial charge on any atom is -0.493 e. The summed E-state index contributed by atoms with van der Waals surface area (Å²) in [5.74, 6) is 1.02. The van der Waals surface area contributed by atoms with Gasteiger partial charge in [0.25, 0.3) is 0 Å². The molecule has 2 rings (SSSR count). The van der Waals surface area contributed by atoms with Gasteiger partial charge in [-0.1, -0.05) is 19.1 Å². The summed E-state index contributed by atoms with van der Waals surface area (Å²) >= 11 is 0. The summed E-state index contributed by atoms with van der Waals surface area (Å²) in [5, 5.41) is 8.80. The summed E-state index contributed by atoms with van der Waals surface area (Å²) < 4.78 is 5.72. The number of hydrogen-bond acceptors (Lipinski definition) is 2. The van der Waals surface area contributed by atoms with Crippen LogP contribution >= 0.6 is 0 Å². The number of benzene rings is 1. The molecule has 0 saturated heterocycles. The van der Waals surface area contributed by atoms with Crippen molar-refractivity contribution in [2.75, 3.05) is 6.61 Å². The van der Waals surface area contributed by atoms with E-state index < -0.39 is 5.97 Å². The number of rotatable bonds is 4. The lowest BCUT2D eigenvalue weighted by Crippen LogP contribution is -2.21. The van der Waals surface area contributed by atoms with E-state index in [1.165, 1.54) is 0 Å². The minimum atomic E-state index is -0.910. The first-order valence-corrected chi connectivity index (χ1v) is 6.28. The molecule has 0 fully saturated rings. The average Bonchev–Trinajstić information content (AvgIpc) is 2.38. The van der Waals surface area contributed by atoms with Gasteiger partial charge >= 0.3 is 5.97 Å². The van der Waals surface area contributed by atoms with E-state index in [4.69, 9.17) is 9.84 Å². The lowest BCUT2D eigenvalue weighted by molar-refractivity contribution is 0.0697. The third kappa shape index (κ3) is 3.13. The Morgan fingerprint density at radius 3 is 2.56 bits per heavy atom. The van der Waals surface area contributed by atoms with Gasteiger partial charge in [0.15, 0.2) is 0 Å². The van der Waals surface area contributed by atoms with Crippen LogP contribution in [0.3, 0.4) is 0 Å². The van der Waals surface area contributed by atoms with Crippen molar-refractivity contribution in [3.8, 4) is 5.75 Å². The van der Waals surface area contributed by atoms with Crippen LogP contribution in [0.25, 0.3) is 0 Å². The molecule has 1 aromatic rings. The lowest BCUT2D eigenvalue weighted by Gasteiger charge is -2.25. The van der Waals surface area contributed by atoms with Crippen molar-refractivity contribution in [1.29, 1.82) is 0 Å². The van der Waals surface area contributed by atoms with E-state index in [0.29, 0.717) is 18.4 Å². The monoisotopic (exact) mass is 246 g/mol. The van der Waals surface area contributed by atoms with Crippen LogP contribution in [-0.2, 0) is 0 Å². The maximum Gasteiger partial charge on any atom is 0.335 e. The standard InChI is InChI=1S/C15H18O3/c1-11-4-2-3-5-13(11)10-18-14-8-6-12(7-9-14)15(16)17/h2-3,6-9,11,13H,4-5,10H2,1H3,(H,16,17). The van der Waals surface area contributed by atoms with E-state index >= 15 is 0 Å². The van der Waals surface area contributed by atoms with Crippen LogP contribution in [-0.4, -0.2) is 17.7 Å². The third-order valence-corrected chi connectivity index (χ3v) is 3.48. The van der Waals surface area contributed by atoms with E-state index in [0.717, 1.165) is 18.6 Å². The van der Waals surface area contributed by atoms with Crippen LogP contribution in [0.2, 0.25) is 0 Å². The predicted molar refractivity (Wildman–Crippen MR) is 69.9 cm³/mol. The van der Waals surface area contributed by atoms with E-state index in [-0.39, 0.29) is 5.56 Å². The first-order valence-electron chi connectivity index (χ1n) is 6.28. The van der Waals surface area contributed by atoms with Crippen LogP contribution in [0.1, 0.15) is 30.1 Å². The fourth-order valence-corrected chi connectivity index (χ4v) is 2.14. The molecule has 1 aliphatic carbocycles. The van der Waals surface area contributed by atoms with Gasteiger partial charge in [-0.05, 0) is 48.9 Å². The Morgan fingerprint density at radius 1 is 1.28 bits per heavy atom. The Balaban J connectivity index is 1.90. The van der Waals surface area contributed by atoms with Crippen molar-refractivity contribution in [3.05, 3.63) is 42.0 Å². The van der Waals surface area contributed by atoms with E-state index in [1.807, 2.05) is 0 Å². The van der Waals surface area contributed by atoms with Crippen LogP contribution in [0.4, 0.5) is 0 Å². The highest BCUT2D eigenvalue weighted by atomic mass is 16.5. The third-order valence-electron chi connectivity index (χ3n) is 3.48. The Bertz CT molecular complexity index is 434. The molecule has 0 heterocycles. The number of carbonyl (C=O) groups is 1. The SMILES string of the molecule is CC1CC=CCC1COc1ccc(C(=O)O)cc1. The summed E-state index contributed by atoms with van der Waals surface area (Å²) in [6.07, 6.45) is 6.62. The highest BCUT2D eigenvalue weighted by Crippen LogP contribution is 2.25. The summed E-state index contributed by atoms with van der Waals surface area (Å²) in [6.45, 7) is 2.93. The van der Waals surface area contributed by atoms with Gasteiger partial charge < -0.3 is 9.84 Å². The molecule has 0 aliphatic heterocycles. The first kappa shape index (κ1) is 12.7. The van der Waals surface area contributed by atoms with E-state index in [2.05, 4.69) is 19.1 Å². The largest absolute Gasteiger partial charge is 0.493 e. The van der Waals surface area contributed by atoms with Gasteiger partial charge in [0.1, 0.15) is 5.75 Å². The van der Waals surface area contributed by atoms with Gasteiger partial charge in [-0.2, -0.15) is 0 Å². The minimum absolute atomic E-state index is 0.288. The fraction of sp³-hybridized carbons (Fsp3) is 0.400. The molecule has 0 amide bonds. The smallest absolute Gasteiger partial charge is 0.335 e. The Morgan fingerprint density at radius 2 is 1.94 bits per heavy atom. The topological polar surface area (TPSA) is 46.5 Å². The van der Waals surface area contributed by atoms with Crippen LogP contribution < -0.4 is 4.74 Å². The molecular formula is C15H18O3. The molecule has 96 valence electrons. The summed E-state index contributed by atoms with van der Waals surface area (Å²) in [6, 6.07) is 6.57. The molecule has 2 unspecified atom stereocenters. The number of ether oxygens (including phenoxy) is 1. The molecule has 1 aliphatic rings. The first-order chi connectivity index (χ1) is 8.66. The average molecular weight is 246 g/mol. The van der Waals surface area contributed by atoms with Gasteiger partial charge in [0.05, 0.1) is 12.2 Å². The second-order valence-corrected chi connectivity index (χ2v) is 4.82. The quantitative estimate of drug-likeness (QED) is 0.828. The number of carboxylic acids is 1. The van der Waals surface area contributed by atoms with Gasteiger partial charge in [-0.15, -0.1) is 0 Å². The predicted octanol–water partition coefficient (Wildman–Crippen LogP) is 3.37. The zero-order valence-corrected chi connectivity index (χ0v) is 10.5. The Kier molecular flexibility index (Phi) is 4.03. The molecule has 0 spiro atoms. The van der Waals surface area contributed by atoms with E-state index in [9.17, 15) is 4.79 Å². The van der Waals surface area contributed by atoms with Crippen LogP contribution in [0, 0.1) is 11.8 Å². The molecule has 0 bridgehead atoms. The second-order valence-electron chi connectivity index (χ2n) is 4.82. The molecule has 3 nitrogen and oxygen atoms in total. The molecule has 2 atom stereocenters. The van der Waals surface area contributed by atoms with Crippen molar-refractivity contribution in [2.45, 2.75) is 19.8 Å². The lowest BCUT2D eigenvalue weighted by atomic mass is 9.85. The maximum absolute atomic E-state index is 10.7. The van der Waals surface area contributed by atoms with E-state index in [1.54, 1.807) is 24.3 Å². The fourth-order valence-electron chi connectivity index (χ4n) is 2.14. The second kappa shape index (κ2) is 5.71. The molecule has 0 saturated carbocycles. The van der Waals surface area contributed by atoms with Crippen molar-refractivity contribution >= 4 is 5.97 Å². The Labute approximate surface area is 107 Å². The number of allylic oxidation sites excluding steroid dienone is 2. The molecule has 3 heteroatoms. The zero-order valence-electron chi connectivity index (χ0n) is 10.5. The van der Waals surface area contributed by atoms with Crippen molar-refractivity contribution < 1.29 is 14.6 Å². The highest BCUT2D eigenvalue weighted by molar-refractivity contribution is 5.87. The summed E-state index contributed by atoms with van der Waals surface area (Å²) in [7, 11) is 0. The highest BCUT2D eigenvalue weighted by Gasteiger charge is 2.18. The van der Waals surface area contributed by atoms with Gasteiger partial charge in [-0.25, -0.2) is 4.79 Å². The van der Waals surface area contributed by atoms with Crippen molar-refractivity contribution in [3.63, 3.8) is 0 Å². The summed E-state index contributed by atoms with van der Waals surface area (Å²) in [5.41, 5.74) is 0.288. The molecule has 0 radical (unpaired) electrons. The number of aromatic carboxylic acids is 1. The maximum atomic E-state index is 10.7. The zero-order chi connectivity index (χ0) is 13.0. The van der Waals surface area contributed by atoms with Gasteiger partial charge in [0.2, 0.25) is 0 Å². The van der Waals surface area contributed by atoms with Gasteiger partial charge in [-0.3, -0.25) is 0 Å². The summed E-state index contributed by atoms with van der Waals surface area (Å²) in [4.78, 5) is 10.7. The van der Waals surface area contributed by atoms with Crippen molar-refractivity contribution in [2.24, 2.45) is 11.8 Å². The normalized spacial score (nSPS) is 22.7. The number of hydrogen-bond donors (Lipinski definition) is 1. The molecule has 1 N–H and O–H groups in total. The Hall–Kier alpha value is -1.77. The number of carboxylic acid groups (broad SMARTS) is 1. The molecule has 1 aromatic carbocycles. The molecular weight excluding hydrogens is 228 g/mol. The van der Waals surface area contributed by atoms with Crippen LogP contribution in [0.15, 0.2) is 36.4 Å². The molecule has 18 heavy (non-hydrogen) atoms. The van der Waals surface area contributed by atoms with Crippen molar-refractivity contribution in [1.82, 2.24) is 0 Å². The van der Waals surface area contributed by atoms with Gasteiger partial charge in [0, 0.05) is 0 Å².